The van der Waals surface area contributed by atoms with Crippen LogP contribution in [0.5, 0.6) is 0 Å². The van der Waals surface area contributed by atoms with Gasteiger partial charge in [0.1, 0.15) is 0 Å². The van der Waals surface area contributed by atoms with E-state index in [-0.39, 0.29) is 11.2 Å². The van der Waals surface area contributed by atoms with Crippen LogP contribution in [0, 0.1) is 0 Å². The van der Waals surface area contributed by atoms with Crippen LogP contribution in [-0.2, 0) is 7.05 Å². The van der Waals surface area contributed by atoms with Crippen LogP contribution in [0.4, 0.5) is 5.69 Å². The number of fused-ring (bicyclic) bond motifs is 1. The highest BCUT2D eigenvalue weighted by molar-refractivity contribution is 5.81. The molecule has 2 N–H and O–H groups in total. The molecule has 0 radical (unpaired) electrons. The van der Waals surface area contributed by atoms with Gasteiger partial charge in [-0.25, -0.2) is 4.79 Å². The maximum Gasteiger partial charge on any atom is 0.328 e. The lowest BCUT2D eigenvalue weighted by Crippen LogP contribution is -2.32. The molecule has 22 heavy (non-hydrogen) atoms. The summed E-state index contributed by atoms with van der Waals surface area (Å²) >= 11 is 0. The van der Waals surface area contributed by atoms with Crippen LogP contribution in [0.25, 0.3) is 10.9 Å². The van der Waals surface area contributed by atoms with Crippen LogP contribution < -0.4 is 16.6 Å². The number of likely N-dealkylation sites (tertiary alicyclic amines) is 1. The van der Waals surface area contributed by atoms with Crippen molar-refractivity contribution in [1.29, 1.82) is 0 Å². The Labute approximate surface area is 128 Å². The van der Waals surface area contributed by atoms with Gasteiger partial charge in [-0.3, -0.25) is 9.36 Å². The van der Waals surface area contributed by atoms with Crippen molar-refractivity contribution in [3.05, 3.63) is 39.0 Å². The number of nitrogens with zero attached hydrogens (tertiary/aromatic N) is 2. The molecule has 0 saturated carbocycles. The second-order valence-corrected chi connectivity index (χ2v) is 5.88. The molecule has 1 aromatic carbocycles. The van der Waals surface area contributed by atoms with Gasteiger partial charge in [0.05, 0.1) is 10.9 Å². The summed E-state index contributed by atoms with van der Waals surface area (Å²) in [6, 6.07) is 5.47. The number of anilines is 1. The SMILES string of the molecule is Cn1c(=O)[nH]c2cc(NCCCN3CCCC3)ccc2c1=O. The van der Waals surface area contributed by atoms with E-state index in [0.717, 1.165) is 29.8 Å². The van der Waals surface area contributed by atoms with Crippen molar-refractivity contribution in [2.24, 2.45) is 7.05 Å². The summed E-state index contributed by atoms with van der Waals surface area (Å²) in [4.78, 5) is 28.9. The molecule has 0 spiro atoms. The van der Waals surface area contributed by atoms with E-state index in [1.807, 2.05) is 12.1 Å². The molecule has 2 aromatic rings. The average Bonchev–Trinajstić information content (AvgIpc) is 3.02. The van der Waals surface area contributed by atoms with E-state index in [1.54, 1.807) is 6.07 Å². The fourth-order valence-electron chi connectivity index (χ4n) is 2.96. The molecule has 6 heteroatoms. The van der Waals surface area contributed by atoms with Crippen molar-refractivity contribution in [2.45, 2.75) is 19.3 Å². The summed E-state index contributed by atoms with van der Waals surface area (Å²) in [7, 11) is 1.48. The monoisotopic (exact) mass is 302 g/mol. The van der Waals surface area contributed by atoms with Crippen molar-refractivity contribution in [1.82, 2.24) is 14.5 Å². The van der Waals surface area contributed by atoms with Crippen LogP contribution in [0.15, 0.2) is 27.8 Å². The molecule has 0 atom stereocenters. The first-order valence-electron chi connectivity index (χ1n) is 7.84. The average molecular weight is 302 g/mol. The molecule has 0 unspecified atom stereocenters. The van der Waals surface area contributed by atoms with E-state index in [4.69, 9.17) is 0 Å². The quantitative estimate of drug-likeness (QED) is 0.812. The molecule has 0 aliphatic carbocycles. The Morgan fingerprint density at radius 2 is 2.00 bits per heavy atom. The molecule has 2 heterocycles. The molecular weight excluding hydrogens is 280 g/mol. The van der Waals surface area contributed by atoms with E-state index in [1.165, 1.54) is 33.0 Å². The number of H-pyrrole nitrogens is 1. The predicted molar refractivity (Wildman–Crippen MR) is 88.6 cm³/mol. The maximum atomic E-state index is 12.0. The van der Waals surface area contributed by atoms with Gasteiger partial charge in [-0.15, -0.1) is 0 Å². The molecule has 0 amide bonds. The molecule has 0 bridgehead atoms. The van der Waals surface area contributed by atoms with E-state index < -0.39 is 0 Å². The van der Waals surface area contributed by atoms with Gasteiger partial charge in [-0.05, 0) is 57.1 Å². The highest BCUT2D eigenvalue weighted by atomic mass is 16.2. The van der Waals surface area contributed by atoms with Crippen LogP contribution in [0.2, 0.25) is 0 Å². The lowest BCUT2D eigenvalue weighted by Gasteiger charge is -2.14. The smallest absolute Gasteiger partial charge is 0.328 e. The first-order valence-corrected chi connectivity index (χ1v) is 7.84. The highest BCUT2D eigenvalue weighted by Crippen LogP contribution is 2.14. The Kier molecular flexibility index (Phi) is 4.29. The summed E-state index contributed by atoms with van der Waals surface area (Å²) in [5.41, 5.74) is 0.860. The largest absolute Gasteiger partial charge is 0.385 e. The molecule has 1 aliphatic rings. The van der Waals surface area contributed by atoms with Gasteiger partial charge in [0.2, 0.25) is 0 Å². The molecule has 118 valence electrons. The first-order chi connectivity index (χ1) is 10.6. The van der Waals surface area contributed by atoms with Gasteiger partial charge in [0.25, 0.3) is 5.56 Å². The summed E-state index contributed by atoms with van der Waals surface area (Å²) in [6.45, 7) is 4.45. The van der Waals surface area contributed by atoms with E-state index >= 15 is 0 Å². The maximum absolute atomic E-state index is 12.0. The van der Waals surface area contributed by atoms with Gasteiger partial charge in [-0.1, -0.05) is 0 Å². The zero-order valence-corrected chi connectivity index (χ0v) is 12.9. The van der Waals surface area contributed by atoms with Crippen molar-refractivity contribution >= 4 is 16.6 Å². The molecular formula is C16H22N4O2. The summed E-state index contributed by atoms with van der Waals surface area (Å²) in [5.74, 6) is 0. The topological polar surface area (TPSA) is 70.1 Å². The Bertz CT molecular complexity index is 772. The summed E-state index contributed by atoms with van der Waals surface area (Å²) in [5, 5.41) is 3.89. The second kappa shape index (κ2) is 6.36. The van der Waals surface area contributed by atoms with Crippen LogP contribution in [0.1, 0.15) is 19.3 Å². The standard InChI is InChI=1S/C16H22N4O2/c1-19-15(21)13-6-5-12(11-14(13)18-16(19)22)17-7-4-10-20-8-2-3-9-20/h5-6,11,17H,2-4,7-10H2,1H3,(H,18,22). The van der Waals surface area contributed by atoms with Gasteiger partial charge >= 0.3 is 5.69 Å². The van der Waals surface area contributed by atoms with E-state index in [9.17, 15) is 9.59 Å². The van der Waals surface area contributed by atoms with Crippen molar-refractivity contribution in [3.63, 3.8) is 0 Å². The minimum atomic E-state index is -0.385. The number of hydrogen-bond acceptors (Lipinski definition) is 4. The number of hydrogen-bond donors (Lipinski definition) is 2. The zero-order valence-electron chi connectivity index (χ0n) is 12.9. The Hall–Kier alpha value is -2.08. The highest BCUT2D eigenvalue weighted by Gasteiger charge is 2.10. The van der Waals surface area contributed by atoms with Gasteiger partial charge in [-0.2, -0.15) is 0 Å². The van der Waals surface area contributed by atoms with Crippen LogP contribution >= 0.6 is 0 Å². The number of aromatic nitrogens is 2. The lowest BCUT2D eigenvalue weighted by atomic mass is 10.2. The Morgan fingerprint density at radius 3 is 2.77 bits per heavy atom. The van der Waals surface area contributed by atoms with Gasteiger partial charge < -0.3 is 15.2 Å². The lowest BCUT2D eigenvalue weighted by molar-refractivity contribution is 0.337. The first kappa shape index (κ1) is 14.8. The molecule has 1 fully saturated rings. The van der Waals surface area contributed by atoms with Gasteiger partial charge in [0.15, 0.2) is 0 Å². The third-order valence-corrected chi connectivity index (χ3v) is 4.28. The fourth-order valence-corrected chi connectivity index (χ4v) is 2.96. The van der Waals surface area contributed by atoms with Crippen LogP contribution in [0.3, 0.4) is 0 Å². The third kappa shape index (κ3) is 3.06. The van der Waals surface area contributed by atoms with Crippen molar-refractivity contribution in [3.8, 4) is 0 Å². The van der Waals surface area contributed by atoms with Crippen molar-refractivity contribution < 1.29 is 0 Å². The number of benzene rings is 1. The molecule has 3 rings (SSSR count). The summed E-state index contributed by atoms with van der Waals surface area (Å²) in [6.07, 6.45) is 3.73. The molecule has 1 aliphatic heterocycles. The zero-order chi connectivity index (χ0) is 15.5. The molecule has 6 nitrogen and oxygen atoms in total. The molecule has 1 aromatic heterocycles. The number of rotatable bonds is 5. The third-order valence-electron chi connectivity index (χ3n) is 4.28. The van der Waals surface area contributed by atoms with E-state index in [2.05, 4.69) is 15.2 Å². The minimum Gasteiger partial charge on any atom is -0.385 e. The second-order valence-electron chi connectivity index (χ2n) is 5.88. The normalized spacial score (nSPS) is 15.5. The van der Waals surface area contributed by atoms with Crippen molar-refractivity contribution in [2.75, 3.05) is 31.5 Å². The Morgan fingerprint density at radius 1 is 1.23 bits per heavy atom. The Balaban J connectivity index is 1.66. The summed E-state index contributed by atoms with van der Waals surface area (Å²) < 4.78 is 1.09. The molecule has 1 saturated heterocycles. The van der Waals surface area contributed by atoms with E-state index in [0.29, 0.717) is 10.9 Å². The van der Waals surface area contributed by atoms with Gasteiger partial charge in [0, 0.05) is 19.3 Å². The number of aromatic amines is 1. The predicted octanol–water partition coefficient (Wildman–Crippen LogP) is 1.12. The minimum absolute atomic E-state index is 0.265. The van der Waals surface area contributed by atoms with Crippen LogP contribution in [-0.4, -0.2) is 40.6 Å². The fraction of sp³-hybridized carbons (Fsp3) is 0.500. The number of nitrogens with one attached hydrogen (secondary N) is 2.